The maximum Gasteiger partial charge on any atom is 0.273 e. The molecule has 4 nitrogen and oxygen atoms in total. The molecule has 0 saturated carbocycles. The van der Waals surface area contributed by atoms with Crippen molar-refractivity contribution >= 4 is 40.4 Å². The van der Waals surface area contributed by atoms with Crippen molar-refractivity contribution in [2.24, 2.45) is 0 Å². The van der Waals surface area contributed by atoms with E-state index in [1.807, 2.05) is 44.2 Å². The summed E-state index contributed by atoms with van der Waals surface area (Å²) in [6.07, 6.45) is 0. The molecule has 0 aliphatic heterocycles. The van der Waals surface area contributed by atoms with Crippen LogP contribution in [0.5, 0.6) is 5.75 Å². The summed E-state index contributed by atoms with van der Waals surface area (Å²) in [6, 6.07) is 13.0. The molecule has 28 heavy (non-hydrogen) atoms. The van der Waals surface area contributed by atoms with E-state index in [4.69, 9.17) is 27.9 Å². The second-order valence-corrected chi connectivity index (χ2v) is 8.27. The molecule has 0 spiro atoms. The number of thiazole rings is 1. The van der Waals surface area contributed by atoms with Gasteiger partial charge in [0.05, 0.1) is 5.56 Å². The van der Waals surface area contributed by atoms with Gasteiger partial charge in [0, 0.05) is 34.1 Å². The van der Waals surface area contributed by atoms with Crippen LogP contribution in [0.2, 0.25) is 10.0 Å². The van der Waals surface area contributed by atoms with Crippen molar-refractivity contribution in [2.75, 3.05) is 7.05 Å². The van der Waals surface area contributed by atoms with E-state index < -0.39 is 0 Å². The third-order valence-electron chi connectivity index (χ3n) is 4.33. The number of amides is 1. The molecule has 1 aromatic heterocycles. The van der Waals surface area contributed by atoms with Gasteiger partial charge in [-0.3, -0.25) is 4.79 Å². The van der Waals surface area contributed by atoms with Gasteiger partial charge in [-0.05, 0) is 38.1 Å². The Balaban J connectivity index is 1.82. The maximum absolute atomic E-state index is 12.5. The predicted molar refractivity (Wildman–Crippen MR) is 116 cm³/mol. The number of nitrogens with zero attached hydrogens (tertiary/aromatic N) is 2. The van der Waals surface area contributed by atoms with E-state index in [1.54, 1.807) is 29.5 Å². The lowest BCUT2D eigenvalue weighted by atomic mass is 10.2. The predicted octanol–water partition coefficient (Wildman–Crippen LogP) is 6.18. The van der Waals surface area contributed by atoms with E-state index in [2.05, 4.69) is 4.98 Å². The van der Waals surface area contributed by atoms with Crippen molar-refractivity contribution < 1.29 is 9.53 Å². The summed E-state index contributed by atoms with van der Waals surface area (Å²) in [5.74, 6) is 0.586. The summed E-state index contributed by atoms with van der Waals surface area (Å²) in [6.45, 7) is 4.24. The average molecular weight is 435 g/mol. The Bertz CT molecular complexity index is 988. The standard InChI is InChI=1S/C21H20Cl2N2O2S/c1-13(2)25(3)21(26)18-12-28-20(24-18)16-6-4-5-7-19(16)27-11-14-8-9-15(22)10-17(14)23/h4-10,12-13H,11H2,1-3H3. The van der Waals surface area contributed by atoms with Gasteiger partial charge in [-0.2, -0.15) is 0 Å². The Hall–Kier alpha value is -2.08. The Morgan fingerprint density at radius 2 is 1.96 bits per heavy atom. The first-order chi connectivity index (χ1) is 13.4. The van der Waals surface area contributed by atoms with Gasteiger partial charge in [-0.15, -0.1) is 11.3 Å². The number of para-hydroxylation sites is 1. The zero-order chi connectivity index (χ0) is 20.3. The molecule has 0 fully saturated rings. The van der Waals surface area contributed by atoms with E-state index in [1.165, 1.54) is 11.3 Å². The molecule has 0 aliphatic carbocycles. The van der Waals surface area contributed by atoms with Gasteiger partial charge in [-0.1, -0.05) is 41.4 Å². The SMILES string of the molecule is CC(C)N(C)C(=O)c1csc(-c2ccccc2OCc2ccc(Cl)cc2Cl)n1. The fourth-order valence-electron chi connectivity index (χ4n) is 2.47. The molecule has 1 amide bonds. The lowest BCUT2D eigenvalue weighted by Gasteiger charge is -2.20. The molecule has 0 saturated heterocycles. The van der Waals surface area contributed by atoms with Crippen LogP contribution in [-0.4, -0.2) is 28.9 Å². The molecule has 0 N–H and O–H groups in total. The number of ether oxygens (including phenoxy) is 1. The number of carbonyl (C=O) groups is 1. The van der Waals surface area contributed by atoms with Gasteiger partial charge in [0.2, 0.25) is 0 Å². The van der Waals surface area contributed by atoms with E-state index in [9.17, 15) is 4.79 Å². The molecule has 7 heteroatoms. The molecule has 0 bridgehead atoms. The smallest absolute Gasteiger partial charge is 0.273 e. The summed E-state index contributed by atoms with van der Waals surface area (Å²) in [4.78, 5) is 18.7. The van der Waals surface area contributed by atoms with Crippen molar-refractivity contribution in [1.29, 1.82) is 0 Å². The first kappa shape index (κ1) is 20.6. The Morgan fingerprint density at radius 1 is 1.21 bits per heavy atom. The third kappa shape index (κ3) is 4.66. The Kier molecular flexibility index (Phi) is 6.60. The van der Waals surface area contributed by atoms with Crippen LogP contribution in [0.25, 0.3) is 10.6 Å². The maximum atomic E-state index is 12.5. The van der Waals surface area contributed by atoms with Crippen molar-refractivity contribution in [1.82, 2.24) is 9.88 Å². The number of hydrogen-bond donors (Lipinski definition) is 0. The molecule has 0 atom stereocenters. The highest BCUT2D eigenvalue weighted by molar-refractivity contribution is 7.13. The van der Waals surface area contributed by atoms with Crippen LogP contribution in [0.3, 0.4) is 0 Å². The first-order valence-corrected chi connectivity index (χ1v) is 10.4. The first-order valence-electron chi connectivity index (χ1n) is 8.75. The van der Waals surface area contributed by atoms with Gasteiger partial charge in [0.15, 0.2) is 0 Å². The summed E-state index contributed by atoms with van der Waals surface area (Å²) in [5.41, 5.74) is 2.12. The van der Waals surface area contributed by atoms with Crippen LogP contribution in [0, 0.1) is 0 Å². The molecule has 3 rings (SSSR count). The molecular weight excluding hydrogens is 415 g/mol. The van der Waals surface area contributed by atoms with Gasteiger partial charge >= 0.3 is 0 Å². The normalized spacial score (nSPS) is 10.9. The van der Waals surface area contributed by atoms with E-state index in [-0.39, 0.29) is 11.9 Å². The fraction of sp³-hybridized carbons (Fsp3) is 0.238. The van der Waals surface area contributed by atoms with Crippen molar-refractivity contribution in [3.8, 4) is 16.3 Å². The quantitative estimate of drug-likeness (QED) is 0.465. The van der Waals surface area contributed by atoms with Gasteiger partial charge in [-0.25, -0.2) is 4.98 Å². The van der Waals surface area contributed by atoms with E-state index in [0.717, 1.165) is 16.1 Å². The number of halogens is 2. The zero-order valence-corrected chi connectivity index (χ0v) is 18.1. The molecule has 1 heterocycles. The minimum Gasteiger partial charge on any atom is -0.488 e. The molecule has 0 unspecified atom stereocenters. The summed E-state index contributed by atoms with van der Waals surface area (Å²) >= 11 is 13.6. The zero-order valence-electron chi connectivity index (χ0n) is 15.8. The second-order valence-electron chi connectivity index (χ2n) is 6.57. The van der Waals surface area contributed by atoms with Crippen LogP contribution in [0.1, 0.15) is 29.9 Å². The van der Waals surface area contributed by atoms with Crippen molar-refractivity contribution in [2.45, 2.75) is 26.5 Å². The molecule has 146 valence electrons. The lowest BCUT2D eigenvalue weighted by molar-refractivity contribution is 0.0750. The van der Waals surface area contributed by atoms with Crippen LogP contribution < -0.4 is 4.74 Å². The van der Waals surface area contributed by atoms with Gasteiger partial charge < -0.3 is 9.64 Å². The van der Waals surface area contributed by atoms with Crippen LogP contribution in [-0.2, 0) is 6.61 Å². The molecule has 0 aliphatic rings. The molecule has 3 aromatic rings. The van der Waals surface area contributed by atoms with Gasteiger partial charge in [0.1, 0.15) is 23.1 Å². The number of carbonyl (C=O) groups excluding carboxylic acids is 1. The highest BCUT2D eigenvalue weighted by Gasteiger charge is 2.19. The largest absolute Gasteiger partial charge is 0.488 e. The molecular formula is C21H20Cl2N2O2S. The second kappa shape index (κ2) is 8.95. The summed E-state index contributed by atoms with van der Waals surface area (Å²) < 4.78 is 6.00. The molecule has 0 radical (unpaired) electrons. The number of hydrogen-bond acceptors (Lipinski definition) is 4. The number of aromatic nitrogens is 1. The highest BCUT2D eigenvalue weighted by Crippen LogP contribution is 2.33. The van der Waals surface area contributed by atoms with Crippen molar-refractivity contribution in [3.05, 3.63) is 69.1 Å². The minimum atomic E-state index is -0.0937. The van der Waals surface area contributed by atoms with Gasteiger partial charge in [0.25, 0.3) is 5.91 Å². The van der Waals surface area contributed by atoms with Crippen molar-refractivity contribution in [3.63, 3.8) is 0 Å². The topological polar surface area (TPSA) is 42.4 Å². The Labute approximate surface area is 178 Å². The average Bonchev–Trinajstić information content (AvgIpc) is 3.16. The lowest BCUT2D eigenvalue weighted by Crippen LogP contribution is -2.33. The van der Waals surface area contributed by atoms with E-state index >= 15 is 0 Å². The highest BCUT2D eigenvalue weighted by atomic mass is 35.5. The monoisotopic (exact) mass is 434 g/mol. The number of benzene rings is 2. The summed E-state index contributed by atoms with van der Waals surface area (Å²) in [5, 5.41) is 3.66. The Morgan fingerprint density at radius 3 is 2.68 bits per heavy atom. The summed E-state index contributed by atoms with van der Waals surface area (Å²) in [7, 11) is 1.78. The van der Waals surface area contributed by atoms with E-state index in [0.29, 0.717) is 28.1 Å². The molecule has 2 aromatic carbocycles. The number of rotatable bonds is 6. The fourth-order valence-corrected chi connectivity index (χ4v) is 3.76. The van der Waals surface area contributed by atoms with Crippen LogP contribution >= 0.6 is 34.5 Å². The van der Waals surface area contributed by atoms with Crippen LogP contribution in [0.4, 0.5) is 0 Å². The van der Waals surface area contributed by atoms with Crippen LogP contribution in [0.15, 0.2) is 47.8 Å². The third-order valence-corrected chi connectivity index (χ3v) is 5.80. The minimum absolute atomic E-state index is 0.0937.